The lowest BCUT2D eigenvalue weighted by atomic mass is 10.1. The van der Waals surface area contributed by atoms with Crippen LogP contribution in [0.15, 0.2) is 18.2 Å². The molecule has 2 nitrogen and oxygen atoms in total. The van der Waals surface area contributed by atoms with E-state index < -0.39 is 0 Å². The van der Waals surface area contributed by atoms with Gasteiger partial charge in [0.2, 0.25) is 0 Å². The van der Waals surface area contributed by atoms with Crippen molar-refractivity contribution in [3.05, 3.63) is 35.1 Å². The van der Waals surface area contributed by atoms with Crippen LogP contribution in [-0.4, -0.2) is 32.1 Å². The Morgan fingerprint density at radius 1 is 1.31 bits per heavy atom. The Balaban J connectivity index is 2.29. The van der Waals surface area contributed by atoms with E-state index in [-0.39, 0.29) is 5.82 Å². The molecule has 0 spiro atoms. The molecule has 0 aliphatic rings. The number of halogens is 1. The highest BCUT2D eigenvalue weighted by Gasteiger charge is 2.02. The highest BCUT2D eigenvalue weighted by atomic mass is 19.1. The maximum absolute atomic E-state index is 13.2. The molecule has 1 rings (SSSR count). The van der Waals surface area contributed by atoms with Gasteiger partial charge in [0.25, 0.3) is 0 Å². The fourth-order valence-electron chi connectivity index (χ4n) is 1.59. The van der Waals surface area contributed by atoms with Crippen LogP contribution in [0.3, 0.4) is 0 Å². The summed E-state index contributed by atoms with van der Waals surface area (Å²) >= 11 is 0. The Kier molecular flexibility index (Phi) is 5.43. The molecule has 3 heteroatoms. The van der Waals surface area contributed by atoms with Crippen molar-refractivity contribution in [2.45, 2.75) is 19.9 Å². The summed E-state index contributed by atoms with van der Waals surface area (Å²) in [6.45, 7) is 4.62. The highest BCUT2D eigenvalue weighted by Crippen LogP contribution is 2.11. The minimum Gasteiger partial charge on any atom is -0.313 e. The molecular formula is C13H21FN2. The number of nitrogens with zero attached hydrogens (tertiary/aromatic N) is 1. The van der Waals surface area contributed by atoms with E-state index in [9.17, 15) is 4.39 Å². The van der Waals surface area contributed by atoms with Gasteiger partial charge in [0.1, 0.15) is 5.82 Å². The largest absolute Gasteiger partial charge is 0.313 e. The quantitative estimate of drug-likeness (QED) is 0.745. The molecule has 0 heterocycles. The minimum atomic E-state index is -0.118. The summed E-state index contributed by atoms with van der Waals surface area (Å²) in [6.07, 6.45) is 1.11. The summed E-state index contributed by atoms with van der Waals surface area (Å²) in [5, 5.41) is 3.33. The first-order chi connectivity index (χ1) is 7.61. The van der Waals surface area contributed by atoms with Gasteiger partial charge in [-0.3, -0.25) is 0 Å². The lowest BCUT2D eigenvalue weighted by molar-refractivity contribution is 0.394. The number of benzene rings is 1. The average Bonchev–Trinajstić information content (AvgIpc) is 2.23. The molecule has 0 aliphatic carbocycles. The van der Waals surface area contributed by atoms with Crippen molar-refractivity contribution in [3.63, 3.8) is 0 Å². The number of rotatable bonds is 6. The third kappa shape index (κ3) is 4.29. The van der Waals surface area contributed by atoms with Crippen LogP contribution in [0.25, 0.3) is 0 Å². The predicted octanol–water partition coefficient (Wildman–Crippen LogP) is 2.18. The Morgan fingerprint density at radius 2 is 2.06 bits per heavy atom. The number of hydrogen-bond acceptors (Lipinski definition) is 2. The van der Waals surface area contributed by atoms with E-state index in [1.54, 1.807) is 6.07 Å². The normalized spacial score (nSPS) is 11.1. The molecule has 0 saturated carbocycles. The molecule has 90 valence electrons. The summed E-state index contributed by atoms with van der Waals surface area (Å²) in [4.78, 5) is 2.16. The summed E-state index contributed by atoms with van der Waals surface area (Å²) in [7, 11) is 4.13. The van der Waals surface area contributed by atoms with Gasteiger partial charge < -0.3 is 10.2 Å². The van der Waals surface area contributed by atoms with Gasteiger partial charge in [0.05, 0.1) is 0 Å². The summed E-state index contributed by atoms with van der Waals surface area (Å²) in [6, 6.07) is 5.24. The molecule has 1 N–H and O–H groups in total. The Hall–Kier alpha value is -0.930. The molecule has 0 atom stereocenters. The molecule has 0 bridgehead atoms. The van der Waals surface area contributed by atoms with Gasteiger partial charge in [-0.1, -0.05) is 12.1 Å². The van der Waals surface area contributed by atoms with E-state index in [0.717, 1.165) is 37.2 Å². The molecule has 0 fully saturated rings. The van der Waals surface area contributed by atoms with Crippen molar-refractivity contribution in [3.8, 4) is 0 Å². The van der Waals surface area contributed by atoms with Crippen LogP contribution in [0, 0.1) is 12.7 Å². The lowest BCUT2D eigenvalue weighted by Crippen LogP contribution is -2.21. The van der Waals surface area contributed by atoms with Crippen LogP contribution in [-0.2, 0) is 6.54 Å². The first-order valence-electron chi connectivity index (χ1n) is 5.70. The van der Waals surface area contributed by atoms with Crippen molar-refractivity contribution in [1.82, 2.24) is 10.2 Å². The molecule has 1 aromatic carbocycles. The van der Waals surface area contributed by atoms with E-state index in [1.165, 1.54) is 6.07 Å². The third-order valence-electron chi connectivity index (χ3n) is 2.65. The van der Waals surface area contributed by atoms with E-state index >= 15 is 0 Å². The molecular weight excluding hydrogens is 203 g/mol. The zero-order valence-corrected chi connectivity index (χ0v) is 10.4. The van der Waals surface area contributed by atoms with Crippen molar-refractivity contribution < 1.29 is 4.39 Å². The van der Waals surface area contributed by atoms with Gasteiger partial charge in [-0.2, -0.15) is 0 Å². The fourth-order valence-corrected chi connectivity index (χ4v) is 1.59. The topological polar surface area (TPSA) is 15.3 Å². The van der Waals surface area contributed by atoms with Crippen molar-refractivity contribution in [2.24, 2.45) is 0 Å². The molecule has 0 radical (unpaired) electrons. The van der Waals surface area contributed by atoms with Gasteiger partial charge in [-0.15, -0.1) is 0 Å². The van der Waals surface area contributed by atoms with E-state index in [2.05, 4.69) is 24.3 Å². The van der Waals surface area contributed by atoms with Gasteiger partial charge in [-0.25, -0.2) is 4.39 Å². The molecule has 16 heavy (non-hydrogen) atoms. The summed E-state index contributed by atoms with van der Waals surface area (Å²) < 4.78 is 13.2. The maximum Gasteiger partial charge on any atom is 0.126 e. The summed E-state index contributed by atoms with van der Waals surface area (Å²) in [5.41, 5.74) is 1.80. The van der Waals surface area contributed by atoms with Crippen molar-refractivity contribution >= 4 is 0 Å². The van der Waals surface area contributed by atoms with Crippen LogP contribution >= 0.6 is 0 Å². The average molecular weight is 224 g/mol. The molecule has 0 unspecified atom stereocenters. The second-order valence-electron chi connectivity index (χ2n) is 4.36. The lowest BCUT2D eigenvalue weighted by Gasteiger charge is -2.11. The van der Waals surface area contributed by atoms with Crippen molar-refractivity contribution in [1.29, 1.82) is 0 Å². The van der Waals surface area contributed by atoms with Crippen LogP contribution in [0.4, 0.5) is 4.39 Å². The van der Waals surface area contributed by atoms with Crippen LogP contribution in [0.5, 0.6) is 0 Å². The van der Waals surface area contributed by atoms with Crippen LogP contribution in [0.2, 0.25) is 0 Å². The molecule has 0 amide bonds. The van der Waals surface area contributed by atoms with Gasteiger partial charge in [-0.05, 0) is 57.7 Å². The molecule has 0 aromatic heterocycles. The zero-order chi connectivity index (χ0) is 12.0. The summed E-state index contributed by atoms with van der Waals surface area (Å²) in [5.74, 6) is -0.118. The first kappa shape index (κ1) is 13.1. The molecule has 0 aliphatic heterocycles. The minimum absolute atomic E-state index is 0.118. The first-order valence-corrected chi connectivity index (χ1v) is 5.70. The maximum atomic E-state index is 13.2. The molecule has 1 aromatic rings. The monoisotopic (exact) mass is 224 g/mol. The van der Waals surface area contributed by atoms with Gasteiger partial charge in [0, 0.05) is 6.54 Å². The number of nitrogens with one attached hydrogen (secondary N) is 1. The van der Waals surface area contributed by atoms with E-state index in [1.807, 2.05) is 13.0 Å². The fraction of sp³-hybridized carbons (Fsp3) is 0.538. The molecule has 0 saturated heterocycles. The third-order valence-corrected chi connectivity index (χ3v) is 2.65. The van der Waals surface area contributed by atoms with E-state index in [4.69, 9.17) is 0 Å². The van der Waals surface area contributed by atoms with E-state index in [0.29, 0.717) is 0 Å². The van der Waals surface area contributed by atoms with Crippen LogP contribution < -0.4 is 5.32 Å². The highest BCUT2D eigenvalue weighted by molar-refractivity contribution is 5.26. The Labute approximate surface area is 97.5 Å². The predicted molar refractivity (Wildman–Crippen MR) is 66.0 cm³/mol. The standard InChI is InChI=1S/C13H21FN2/c1-11-12(6-4-7-13(11)14)10-15-8-5-9-16(2)3/h4,6-7,15H,5,8-10H2,1-3H3. The second kappa shape index (κ2) is 6.61. The van der Waals surface area contributed by atoms with Crippen LogP contribution in [0.1, 0.15) is 17.5 Å². The van der Waals surface area contributed by atoms with Gasteiger partial charge in [0.15, 0.2) is 0 Å². The van der Waals surface area contributed by atoms with Gasteiger partial charge >= 0.3 is 0 Å². The smallest absolute Gasteiger partial charge is 0.126 e. The Morgan fingerprint density at radius 3 is 2.75 bits per heavy atom. The SMILES string of the molecule is Cc1c(F)cccc1CNCCCN(C)C. The zero-order valence-electron chi connectivity index (χ0n) is 10.4. The number of hydrogen-bond donors (Lipinski definition) is 1. The van der Waals surface area contributed by atoms with Crippen molar-refractivity contribution in [2.75, 3.05) is 27.2 Å². The Bertz CT molecular complexity index is 324. The second-order valence-corrected chi connectivity index (χ2v) is 4.36.